The van der Waals surface area contributed by atoms with Gasteiger partial charge in [0.15, 0.2) is 22.7 Å². The Morgan fingerprint density at radius 1 is 1.32 bits per heavy atom. The van der Waals surface area contributed by atoms with Crippen LogP contribution in [0.25, 0.3) is 11.4 Å². The molecule has 1 aromatic carbocycles. The van der Waals surface area contributed by atoms with Crippen molar-refractivity contribution >= 4 is 40.5 Å². The number of carbonyl (C=O) groups is 1. The molecule has 0 saturated carbocycles. The highest BCUT2D eigenvalue weighted by Gasteiger charge is 2.25. The van der Waals surface area contributed by atoms with Crippen molar-refractivity contribution in [1.29, 1.82) is 5.26 Å². The van der Waals surface area contributed by atoms with Crippen molar-refractivity contribution < 1.29 is 9.21 Å². The lowest BCUT2D eigenvalue weighted by Gasteiger charge is -2.09. The number of benzene rings is 1. The minimum Gasteiger partial charge on any atom is -0.467 e. The number of ketones is 1. The molecule has 0 N–H and O–H groups in total. The van der Waals surface area contributed by atoms with Gasteiger partial charge in [-0.1, -0.05) is 23.4 Å². The highest BCUT2D eigenvalue weighted by Crippen LogP contribution is 2.28. The topological polar surface area (TPSA) is 97.6 Å². The molecule has 0 aliphatic rings. The summed E-state index contributed by atoms with van der Waals surface area (Å²) in [7, 11) is 0. The van der Waals surface area contributed by atoms with E-state index in [2.05, 4.69) is 21.3 Å². The van der Waals surface area contributed by atoms with E-state index in [9.17, 15) is 10.1 Å². The molecule has 0 aliphatic heterocycles. The Morgan fingerprint density at radius 3 is 2.77 bits per heavy atom. The number of Topliss-reactive ketones (excluding diaryl/α,β-unsaturated/α-hetero) is 1. The van der Waals surface area contributed by atoms with Crippen molar-refractivity contribution in [3.8, 4) is 17.5 Å². The Hall–Kier alpha value is -2.93. The van der Waals surface area contributed by atoms with Crippen molar-refractivity contribution in [3.05, 3.63) is 69.5 Å². The first-order chi connectivity index (χ1) is 15.0. The number of halogens is 1. The van der Waals surface area contributed by atoms with Crippen molar-refractivity contribution in [1.82, 2.24) is 19.7 Å². The second kappa shape index (κ2) is 9.47. The zero-order valence-electron chi connectivity index (χ0n) is 16.4. The van der Waals surface area contributed by atoms with Crippen molar-refractivity contribution in [2.24, 2.45) is 0 Å². The monoisotopic (exact) mass is 469 g/mol. The Balaban J connectivity index is 1.58. The zero-order valence-corrected chi connectivity index (χ0v) is 18.7. The fourth-order valence-electron chi connectivity index (χ4n) is 2.90. The summed E-state index contributed by atoms with van der Waals surface area (Å²) in [6.07, 6.45) is 1.60. The van der Waals surface area contributed by atoms with Gasteiger partial charge in [-0.3, -0.25) is 9.36 Å². The first-order valence-electron chi connectivity index (χ1n) is 9.24. The summed E-state index contributed by atoms with van der Waals surface area (Å²) >= 11 is 8.57. The first-order valence-corrected chi connectivity index (χ1v) is 11.5. The fraction of sp³-hybridized carbons (Fsp3) is 0.190. The van der Waals surface area contributed by atoms with E-state index >= 15 is 0 Å². The summed E-state index contributed by atoms with van der Waals surface area (Å²) < 4.78 is 7.37. The maximum atomic E-state index is 12.7. The molecule has 3 aromatic heterocycles. The number of rotatable bonds is 8. The summed E-state index contributed by atoms with van der Waals surface area (Å²) in [4.78, 5) is 17.0. The molecule has 4 aromatic rings. The van der Waals surface area contributed by atoms with E-state index in [1.165, 1.54) is 23.1 Å². The molecule has 4 rings (SSSR count). The van der Waals surface area contributed by atoms with Crippen LogP contribution in [0.5, 0.6) is 0 Å². The normalized spacial score (nSPS) is 11.9. The van der Waals surface area contributed by atoms with Crippen LogP contribution in [0.1, 0.15) is 22.4 Å². The number of thiazole rings is 1. The van der Waals surface area contributed by atoms with Crippen LogP contribution in [0.2, 0.25) is 5.02 Å². The Kier molecular flexibility index (Phi) is 6.51. The van der Waals surface area contributed by atoms with Gasteiger partial charge in [0.25, 0.3) is 0 Å². The van der Waals surface area contributed by atoms with E-state index in [0.29, 0.717) is 27.6 Å². The van der Waals surface area contributed by atoms with Gasteiger partial charge in [-0.25, -0.2) is 4.98 Å². The van der Waals surface area contributed by atoms with Gasteiger partial charge in [0.1, 0.15) is 10.8 Å². The quantitative estimate of drug-likeness (QED) is 0.336. The minimum atomic E-state index is -0.886. The molecule has 0 spiro atoms. The fourth-order valence-corrected chi connectivity index (χ4v) is 4.73. The first kappa shape index (κ1) is 21.3. The number of nitrogens with zero attached hydrogens (tertiary/aromatic N) is 5. The largest absolute Gasteiger partial charge is 0.467 e. The molecule has 0 saturated heterocycles. The molecule has 0 aliphatic carbocycles. The molecule has 156 valence electrons. The molecule has 0 radical (unpaired) electrons. The average molecular weight is 470 g/mol. The van der Waals surface area contributed by atoms with Crippen LogP contribution >= 0.6 is 34.7 Å². The number of carbonyl (C=O) groups excluding carboxylic acids is 1. The average Bonchev–Trinajstić information content (AvgIpc) is 3.51. The van der Waals surface area contributed by atoms with E-state index in [1.54, 1.807) is 18.4 Å². The molecular weight excluding hydrogens is 454 g/mol. The standard InChI is InChI=1S/C21H16ClN5O2S2/c1-13-11-30-20(24-13)17(9-23)18(28)12-31-21-26-25-19(14-4-6-15(22)7-5-14)27(21)10-16-3-2-8-29-16/h2-8,11,17H,10,12H2,1H3/t17-/m1/s1. The van der Waals surface area contributed by atoms with Gasteiger partial charge in [0.05, 0.1) is 24.6 Å². The number of aromatic nitrogens is 4. The number of hydrogen-bond donors (Lipinski definition) is 0. The maximum Gasteiger partial charge on any atom is 0.192 e. The van der Waals surface area contributed by atoms with E-state index in [0.717, 1.165) is 17.0 Å². The molecule has 0 unspecified atom stereocenters. The third-order valence-corrected chi connectivity index (χ3v) is 6.66. The van der Waals surface area contributed by atoms with Crippen LogP contribution in [-0.2, 0) is 11.3 Å². The Morgan fingerprint density at radius 2 is 2.13 bits per heavy atom. The number of thioether (sulfide) groups is 1. The predicted molar refractivity (Wildman–Crippen MR) is 119 cm³/mol. The van der Waals surface area contributed by atoms with Gasteiger partial charge in [-0.05, 0) is 43.3 Å². The Labute approximate surface area is 191 Å². The van der Waals surface area contributed by atoms with Gasteiger partial charge in [-0.2, -0.15) is 5.26 Å². The van der Waals surface area contributed by atoms with Crippen molar-refractivity contribution in [2.45, 2.75) is 24.5 Å². The van der Waals surface area contributed by atoms with Crippen LogP contribution in [0.15, 0.2) is 57.6 Å². The molecule has 3 heterocycles. The van der Waals surface area contributed by atoms with Crippen LogP contribution in [0.4, 0.5) is 0 Å². The van der Waals surface area contributed by atoms with Gasteiger partial charge in [0.2, 0.25) is 0 Å². The van der Waals surface area contributed by atoms with E-state index in [-0.39, 0.29) is 11.5 Å². The SMILES string of the molecule is Cc1csc([C@H](C#N)C(=O)CSc2nnc(-c3ccc(Cl)cc3)n2Cc2ccco2)n1. The molecule has 7 nitrogen and oxygen atoms in total. The summed E-state index contributed by atoms with van der Waals surface area (Å²) in [5.41, 5.74) is 1.64. The number of hydrogen-bond acceptors (Lipinski definition) is 8. The Bertz CT molecular complexity index is 1230. The van der Waals surface area contributed by atoms with Gasteiger partial charge in [-0.15, -0.1) is 21.5 Å². The number of nitriles is 1. The highest BCUT2D eigenvalue weighted by molar-refractivity contribution is 7.99. The minimum absolute atomic E-state index is 0.0771. The lowest BCUT2D eigenvalue weighted by molar-refractivity contribution is -0.116. The molecular formula is C21H16ClN5O2S2. The van der Waals surface area contributed by atoms with E-state index in [4.69, 9.17) is 16.0 Å². The van der Waals surface area contributed by atoms with Crippen LogP contribution < -0.4 is 0 Å². The summed E-state index contributed by atoms with van der Waals surface area (Å²) in [6.45, 7) is 2.24. The second-order valence-electron chi connectivity index (χ2n) is 6.62. The lowest BCUT2D eigenvalue weighted by atomic mass is 10.1. The highest BCUT2D eigenvalue weighted by atomic mass is 35.5. The predicted octanol–water partition coefficient (Wildman–Crippen LogP) is 4.97. The van der Waals surface area contributed by atoms with E-state index in [1.807, 2.05) is 41.1 Å². The number of aryl methyl sites for hydroxylation is 1. The van der Waals surface area contributed by atoms with Crippen LogP contribution in [0.3, 0.4) is 0 Å². The van der Waals surface area contributed by atoms with Crippen LogP contribution in [-0.4, -0.2) is 31.3 Å². The lowest BCUT2D eigenvalue weighted by Crippen LogP contribution is -2.14. The molecule has 0 amide bonds. The summed E-state index contributed by atoms with van der Waals surface area (Å²) in [5.74, 6) is 0.339. The third kappa shape index (κ3) is 4.88. The second-order valence-corrected chi connectivity index (χ2v) is 8.89. The van der Waals surface area contributed by atoms with Crippen molar-refractivity contribution in [3.63, 3.8) is 0 Å². The molecule has 0 bridgehead atoms. The van der Waals surface area contributed by atoms with Crippen molar-refractivity contribution in [2.75, 3.05) is 5.75 Å². The maximum absolute atomic E-state index is 12.7. The smallest absolute Gasteiger partial charge is 0.192 e. The van der Waals surface area contributed by atoms with Gasteiger partial charge in [0, 0.05) is 21.7 Å². The summed E-state index contributed by atoms with van der Waals surface area (Å²) in [5, 5.41) is 21.6. The zero-order chi connectivity index (χ0) is 21.8. The molecule has 10 heteroatoms. The summed E-state index contributed by atoms with van der Waals surface area (Å²) in [6, 6.07) is 13.0. The molecule has 1 atom stereocenters. The van der Waals surface area contributed by atoms with Gasteiger partial charge < -0.3 is 4.42 Å². The molecule has 31 heavy (non-hydrogen) atoms. The molecule has 0 fully saturated rings. The van der Waals surface area contributed by atoms with E-state index < -0.39 is 5.92 Å². The number of furan rings is 1. The van der Waals surface area contributed by atoms with Crippen LogP contribution in [0, 0.1) is 18.3 Å². The van der Waals surface area contributed by atoms with Gasteiger partial charge >= 0.3 is 0 Å². The third-order valence-electron chi connectivity index (χ3n) is 4.39.